The highest BCUT2D eigenvalue weighted by atomic mass is 32.2. The third kappa shape index (κ3) is 3.20. The van der Waals surface area contributed by atoms with Crippen molar-refractivity contribution in [3.8, 4) is 11.8 Å². The molecule has 0 saturated heterocycles. The molecule has 0 fully saturated rings. The zero-order chi connectivity index (χ0) is 15.6. The largest absolute Gasteiger partial charge is 0.506 e. The van der Waals surface area contributed by atoms with E-state index in [4.69, 9.17) is 5.26 Å². The molecular formula is C13H15N3O4S. The van der Waals surface area contributed by atoms with Crippen LogP contribution in [0.1, 0.15) is 18.9 Å². The van der Waals surface area contributed by atoms with E-state index in [2.05, 4.69) is 6.07 Å². The molecule has 2 rings (SSSR count). The van der Waals surface area contributed by atoms with Crippen molar-refractivity contribution in [3.05, 3.63) is 35.8 Å². The topological polar surface area (TPSA) is 114 Å². The quantitative estimate of drug-likeness (QED) is 0.780. The van der Waals surface area contributed by atoms with E-state index in [0.717, 1.165) is 16.1 Å². The number of anilines is 1. The van der Waals surface area contributed by atoms with Gasteiger partial charge in [0.1, 0.15) is 11.4 Å². The van der Waals surface area contributed by atoms with Gasteiger partial charge in [-0.05, 0) is 37.5 Å². The lowest BCUT2D eigenvalue weighted by Gasteiger charge is -2.16. The third-order valence-electron chi connectivity index (χ3n) is 3.10. The summed E-state index contributed by atoms with van der Waals surface area (Å²) in [6.45, 7) is 1.81. The maximum absolute atomic E-state index is 11.7. The highest BCUT2D eigenvalue weighted by Gasteiger charge is 2.30. The summed E-state index contributed by atoms with van der Waals surface area (Å²) >= 11 is 0. The van der Waals surface area contributed by atoms with Crippen LogP contribution >= 0.6 is 0 Å². The van der Waals surface area contributed by atoms with Crippen LogP contribution < -0.4 is 9.03 Å². The van der Waals surface area contributed by atoms with Crippen LogP contribution in [0.3, 0.4) is 0 Å². The van der Waals surface area contributed by atoms with Crippen molar-refractivity contribution in [1.82, 2.24) is 4.72 Å². The zero-order valence-electron chi connectivity index (χ0n) is 11.3. The van der Waals surface area contributed by atoms with Gasteiger partial charge in [0.2, 0.25) is 5.88 Å². The number of nitrogens with one attached hydrogen (secondary N) is 1. The normalized spacial score (nSPS) is 17.7. The summed E-state index contributed by atoms with van der Waals surface area (Å²) in [7, 11) is -3.92. The van der Waals surface area contributed by atoms with Gasteiger partial charge in [0, 0.05) is 5.92 Å². The Bertz CT molecular complexity index is 721. The molecule has 1 unspecified atom stereocenters. The number of phenols is 1. The molecule has 1 atom stereocenters. The first-order valence-electron chi connectivity index (χ1n) is 6.28. The molecule has 1 aliphatic rings. The first-order valence-corrected chi connectivity index (χ1v) is 7.72. The van der Waals surface area contributed by atoms with Crippen LogP contribution in [-0.2, 0) is 16.6 Å². The Morgan fingerprint density at radius 2 is 2.14 bits per heavy atom. The molecule has 8 heteroatoms. The lowest BCUT2D eigenvalue weighted by atomic mass is 10.0. The third-order valence-corrected chi connectivity index (χ3v) is 4.38. The predicted molar refractivity (Wildman–Crippen MR) is 76.5 cm³/mol. The monoisotopic (exact) mass is 309 g/mol. The fourth-order valence-electron chi connectivity index (χ4n) is 1.95. The minimum absolute atomic E-state index is 0.0450. The Morgan fingerprint density at radius 1 is 1.43 bits per heavy atom. The van der Waals surface area contributed by atoms with E-state index in [1.54, 1.807) is 6.07 Å². The van der Waals surface area contributed by atoms with Crippen LogP contribution in [0.5, 0.6) is 5.75 Å². The van der Waals surface area contributed by atoms with Gasteiger partial charge in [0.05, 0.1) is 12.3 Å². The van der Waals surface area contributed by atoms with E-state index in [1.165, 1.54) is 12.1 Å². The molecule has 0 aliphatic carbocycles. The minimum atomic E-state index is -3.92. The average molecular weight is 309 g/mol. The number of nitrogens with zero attached hydrogens (tertiary/aromatic N) is 2. The molecule has 21 heavy (non-hydrogen) atoms. The van der Waals surface area contributed by atoms with Crippen molar-refractivity contribution in [3.63, 3.8) is 0 Å². The van der Waals surface area contributed by atoms with Crippen LogP contribution in [0.25, 0.3) is 0 Å². The Kier molecular flexibility index (Phi) is 3.95. The first kappa shape index (κ1) is 15.0. The maximum atomic E-state index is 11.7. The van der Waals surface area contributed by atoms with Crippen molar-refractivity contribution >= 4 is 15.9 Å². The van der Waals surface area contributed by atoms with Crippen molar-refractivity contribution in [2.45, 2.75) is 19.8 Å². The molecule has 112 valence electrons. The summed E-state index contributed by atoms with van der Waals surface area (Å²) < 4.78 is 26.1. The fraction of sp³-hybridized carbons (Fsp3) is 0.308. The minimum Gasteiger partial charge on any atom is -0.506 e. The molecule has 0 amide bonds. The number of aryl methyl sites for hydroxylation is 1. The van der Waals surface area contributed by atoms with Gasteiger partial charge in [0.25, 0.3) is 0 Å². The van der Waals surface area contributed by atoms with Crippen LogP contribution in [0.4, 0.5) is 5.69 Å². The Hall–Kier alpha value is -2.40. The number of aliphatic hydroxyl groups is 1. The highest BCUT2D eigenvalue weighted by Crippen LogP contribution is 2.32. The number of rotatable bonds is 4. The lowest BCUT2D eigenvalue weighted by molar-refractivity contribution is 0.392. The number of aliphatic hydroxyl groups excluding tert-OH is 1. The maximum Gasteiger partial charge on any atom is 0.330 e. The smallest absolute Gasteiger partial charge is 0.330 e. The molecule has 0 spiro atoms. The van der Waals surface area contributed by atoms with E-state index in [-0.39, 0.29) is 17.4 Å². The second kappa shape index (κ2) is 5.54. The lowest BCUT2D eigenvalue weighted by Crippen LogP contribution is -2.29. The van der Waals surface area contributed by atoms with Gasteiger partial charge in [0.15, 0.2) is 0 Å². The standard InChI is InChI=1S/C13H15N3O4S/c1-9(7-14)2-3-10-4-5-11(12(17)6-10)16-8-13(18)15-21(16,19)20/h4-6,8-9,15,17-18H,2-3H2,1H3. The SMILES string of the molecule is CC(C#N)CCc1ccc(N2C=C(O)NS2(=O)=O)c(O)c1. The number of nitriles is 1. The number of phenolic OH excluding ortho intramolecular Hbond substituents is 1. The van der Waals surface area contributed by atoms with E-state index in [0.29, 0.717) is 12.8 Å². The van der Waals surface area contributed by atoms with Gasteiger partial charge < -0.3 is 10.2 Å². The molecule has 0 saturated carbocycles. The second-order valence-corrected chi connectivity index (χ2v) is 6.36. The summed E-state index contributed by atoms with van der Waals surface area (Å²) in [6.07, 6.45) is 2.23. The van der Waals surface area contributed by atoms with Gasteiger partial charge in [-0.3, -0.25) is 0 Å². The van der Waals surface area contributed by atoms with Crippen molar-refractivity contribution < 1.29 is 18.6 Å². The molecule has 3 N–H and O–H groups in total. The molecule has 7 nitrogen and oxygen atoms in total. The van der Waals surface area contributed by atoms with Gasteiger partial charge in [-0.25, -0.2) is 9.03 Å². The number of hydrogen-bond donors (Lipinski definition) is 3. The van der Waals surface area contributed by atoms with Gasteiger partial charge >= 0.3 is 10.2 Å². The van der Waals surface area contributed by atoms with Crippen LogP contribution in [0.15, 0.2) is 30.3 Å². The second-order valence-electron chi connectivity index (χ2n) is 4.81. The van der Waals surface area contributed by atoms with E-state index in [9.17, 15) is 18.6 Å². The average Bonchev–Trinajstić information content (AvgIpc) is 2.69. The first-order chi connectivity index (χ1) is 9.83. The van der Waals surface area contributed by atoms with E-state index in [1.807, 2.05) is 11.6 Å². The number of aromatic hydroxyl groups is 1. The Labute approximate surface area is 122 Å². The molecule has 1 aliphatic heterocycles. The molecule has 1 aromatic rings. The molecule has 0 aromatic heterocycles. The van der Waals surface area contributed by atoms with Gasteiger partial charge in [-0.15, -0.1) is 0 Å². The van der Waals surface area contributed by atoms with Crippen molar-refractivity contribution in [2.24, 2.45) is 5.92 Å². The van der Waals surface area contributed by atoms with Crippen LogP contribution in [0, 0.1) is 17.2 Å². The molecule has 1 aromatic carbocycles. The molecular weight excluding hydrogens is 294 g/mol. The summed E-state index contributed by atoms with van der Waals surface area (Å²) in [5.74, 6) is -0.815. The van der Waals surface area contributed by atoms with Gasteiger partial charge in [-0.2, -0.15) is 13.7 Å². The summed E-state index contributed by atoms with van der Waals surface area (Å²) in [4.78, 5) is 0. The van der Waals surface area contributed by atoms with Crippen LogP contribution in [0.2, 0.25) is 0 Å². The summed E-state index contributed by atoms with van der Waals surface area (Å²) in [5.41, 5.74) is 0.847. The summed E-state index contributed by atoms with van der Waals surface area (Å²) in [6, 6.07) is 6.72. The predicted octanol–water partition coefficient (Wildman–Crippen LogP) is 1.50. The van der Waals surface area contributed by atoms with Crippen molar-refractivity contribution in [2.75, 3.05) is 4.31 Å². The molecule has 1 heterocycles. The molecule has 0 radical (unpaired) electrons. The molecule has 0 bridgehead atoms. The number of hydrogen-bond acceptors (Lipinski definition) is 5. The van der Waals surface area contributed by atoms with E-state index >= 15 is 0 Å². The Balaban J connectivity index is 2.23. The summed E-state index contributed by atoms with van der Waals surface area (Å²) in [5, 5.41) is 27.9. The Morgan fingerprint density at radius 3 is 2.67 bits per heavy atom. The zero-order valence-corrected chi connectivity index (χ0v) is 12.1. The fourth-order valence-corrected chi connectivity index (χ4v) is 3.01. The number of benzene rings is 1. The highest BCUT2D eigenvalue weighted by molar-refractivity contribution is 7.91. The van der Waals surface area contributed by atoms with Crippen molar-refractivity contribution in [1.29, 1.82) is 5.26 Å². The van der Waals surface area contributed by atoms with Gasteiger partial charge in [-0.1, -0.05) is 6.07 Å². The van der Waals surface area contributed by atoms with E-state index < -0.39 is 16.1 Å². The van der Waals surface area contributed by atoms with Crippen LogP contribution in [-0.4, -0.2) is 18.6 Å².